The van der Waals surface area contributed by atoms with Crippen LogP contribution in [0.5, 0.6) is 0 Å². The lowest BCUT2D eigenvalue weighted by Crippen LogP contribution is -2.39. The third-order valence-corrected chi connectivity index (χ3v) is 5.22. The van der Waals surface area contributed by atoms with Gasteiger partial charge < -0.3 is 15.0 Å². The minimum Gasteiger partial charge on any atom is -0.383 e. The predicted molar refractivity (Wildman–Crippen MR) is 95.7 cm³/mol. The molecule has 1 aliphatic carbocycles. The zero-order valence-electron chi connectivity index (χ0n) is 15.4. The quantitative estimate of drug-likeness (QED) is 0.794. The molecule has 0 radical (unpaired) electrons. The van der Waals surface area contributed by atoms with Crippen LogP contribution in [0.15, 0.2) is 29.3 Å². The standard InChI is InChI=1S/C20H24F2N2O3/c1-27-9-8-24-18-5-3-2-4-15(18)16(20(24)26)11-19(25)23-12-13-10-14(21)6-7-17(13)22/h6-7,10,18H,2-5,8-9,11-12H2,1H3,(H,23,25). The monoisotopic (exact) mass is 378 g/mol. The van der Waals surface area contributed by atoms with Crippen LogP contribution < -0.4 is 5.32 Å². The molecule has 1 aromatic carbocycles. The fraction of sp³-hybridized carbons (Fsp3) is 0.500. The second kappa shape index (κ2) is 8.61. The van der Waals surface area contributed by atoms with Crippen molar-refractivity contribution in [2.45, 2.75) is 44.7 Å². The van der Waals surface area contributed by atoms with Gasteiger partial charge in [-0.05, 0) is 43.0 Å². The Morgan fingerprint density at radius 2 is 2.15 bits per heavy atom. The third kappa shape index (κ3) is 4.35. The molecular formula is C20H24F2N2O3. The second-order valence-electron chi connectivity index (χ2n) is 6.95. The summed E-state index contributed by atoms with van der Waals surface area (Å²) in [6.45, 7) is 0.840. The first-order chi connectivity index (χ1) is 13.0. The van der Waals surface area contributed by atoms with Crippen LogP contribution in [0.4, 0.5) is 8.78 Å². The van der Waals surface area contributed by atoms with Gasteiger partial charge in [0.1, 0.15) is 11.6 Å². The lowest BCUT2D eigenvalue weighted by Gasteiger charge is -2.29. The molecule has 0 bridgehead atoms. The average Bonchev–Trinajstić information content (AvgIpc) is 2.92. The zero-order valence-corrected chi connectivity index (χ0v) is 15.4. The van der Waals surface area contributed by atoms with E-state index >= 15 is 0 Å². The summed E-state index contributed by atoms with van der Waals surface area (Å²) in [6.07, 6.45) is 3.76. The minimum atomic E-state index is -0.575. The number of nitrogens with zero attached hydrogens (tertiary/aromatic N) is 1. The van der Waals surface area contributed by atoms with Crippen molar-refractivity contribution in [2.24, 2.45) is 0 Å². The average molecular weight is 378 g/mol. The molecule has 5 nitrogen and oxygen atoms in total. The van der Waals surface area contributed by atoms with Crippen LogP contribution in [-0.4, -0.2) is 43.0 Å². The molecule has 146 valence electrons. The summed E-state index contributed by atoms with van der Waals surface area (Å²) < 4.78 is 32.0. The molecule has 1 N–H and O–H groups in total. The fourth-order valence-corrected chi connectivity index (χ4v) is 3.87. The summed E-state index contributed by atoms with van der Waals surface area (Å²) in [4.78, 5) is 27.0. The highest BCUT2D eigenvalue weighted by molar-refractivity contribution is 6.02. The minimum absolute atomic E-state index is 0.0366. The maximum atomic E-state index is 13.7. The van der Waals surface area contributed by atoms with E-state index in [1.165, 1.54) is 0 Å². The summed E-state index contributed by atoms with van der Waals surface area (Å²) in [5.41, 5.74) is 1.68. The number of amides is 2. The van der Waals surface area contributed by atoms with Crippen LogP contribution in [0.1, 0.15) is 37.7 Å². The highest BCUT2D eigenvalue weighted by Crippen LogP contribution is 2.37. The van der Waals surface area contributed by atoms with Crippen LogP contribution in [0.25, 0.3) is 0 Å². The van der Waals surface area contributed by atoms with Crippen molar-refractivity contribution in [2.75, 3.05) is 20.3 Å². The smallest absolute Gasteiger partial charge is 0.250 e. The number of fused-ring (bicyclic) bond motifs is 1. The molecule has 1 heterocycles. The van der Waals surface area contributed by atoms with Crippen molar-refractivity contribution in [3.05, 3.63) is 46.5 Å². The lowest BCUT2D eigenvalue weighted by molar-refractivity contribution is -0.129. The van der Waals surface area contributed by atoms with Crippen molar-refractivity contribution in [1.82, 2.24) is 10.2 Å². The van der Waals surface area contributed by atoms with Gasteiger partial charge in [0.25, 0.3) is 5.91 Å². The molecule has 1 fully saturated rings. The van der Waals surface area contributed by atoms with Crippen LogP contribution in [0, 0.1) is 11.6 Å². The van der Waals surface area contributed by atoms with Gasteiger partial charge in [-0.2, -0.15) is 0 Å². The number of halogens is 2. The lowest BCUT2D eigenvalue weighted by atomic mass is 9.88. The van der Waals surface area contributed by atoms with Crippen molar-refractivity contribution in [1.29, 1.82) is 0 Å². The number of carbonyl (C=O) groups is 2. The molecule has 2 aliphatic rings. The number of ether oxygens (including phenoxy) is 1. The fourth-order valence-electron chi connectivity index (χ4n) is 3.87. The Kier molecular flexibility index (Phi) is 6.21. The first-order valence-electron chi connectivity index (χ1n) is 9.23. The molecule has 2 amide bonds. The first kappa shape index (κ1) is 19.5. The molecule has 7 heteroatoms. The van der Waals surface area contributed by atoms with Gasteiger partial charge in [0.15, 0.2) is 0 Å². The number of methoxy groups -OCH3 is 1. The summed E-state index contributed by atoms with van der Waals surface area (Å²) in [7, 11) is 1.59. The molecular weight excluding hydrogens is 354 g/mol. The number of hydrogen-bond acceptors (Lipinski definition) is 3. The predicted octanol–water partition coefficient (Wildman–Crippen LogP) is 2.70. The van der Waals surface area contributed by atoms with Gasteiger partial charge in [-0.15, -0.1) is 0 Å². The van der Waals surface area contributed by atoms with Gasteiger partial charge in [-0.25, -0.2) is 8.78 Å². The van der Waals surface area contributed by atoms with E-state index in [1.54, 1.807) is 12.0 Å². The number of carbonyl (C=O) groups excluding carboxylic acids is 2. The highest BCUT2D eigenvalue weighted by atomic mass is 19.1. The highest BCUT2D eigenvalue weighted by Gasteiger charge is 2.39. The van der Waals surface area contributed by atoms with Crippen LogP contribution in [-0.2, 0) is 20.9 Å². The zero-order chi connectivity index (χ0) is 19.4. The molecule has 1 atom stereocenters. The van der Waals surface area contributed by atoms with Crippen molar-refractivity contribution in [3.63, 3.8) is 0 Å². The van der Waals surface area contributed by atoms with Gasteiger partial charge in [0.2, 0.25) is 5.91 Å². The van der Waals surface area contributed by atoms with E-state index in [4.69, 9.17) is 4.74 Å². The van der Waals surface area contributed by atoms with E-state index < -0.39 is 11.6 Å². The summed E-state index contributed by atoms with van der Waals surface area (Å²) in [6, 6.07) is 3.18. The third-order valence-electron chi connectivity index (χ3n) is 5.22. The Morgan fingerprint density at radius 3 is 2.93 bits per heavy atom. The van der Waals surface area contributed by atoms with Gasteiger partial charge in [0.05, 0.1) is 19.1 Å². The Labute approximate surface area is 157 Å². The molecule has 1 saturated carbocycles. The normalized spacial score (nSPS) is 19.4. The molecule has 1 aliphatic heterocycles. The first-order valence-corrected chi connectivity index (χ1v) is 9.23. The van der Waals surface area contributed by atoms with Gasteiger partial charge in [0, 0.05) is 31.3 Å². The van der Waals surface area contributed by atoms with E-state index in [-0.39, 0.29) is 36.4 Å². The van der Waals surface area contributed by atoms with E-state index in [0.717, 1.165) is 49.5 Å². The molecule has 3 rings (SSSR count). The number of hydrogen-bond donors (Lipinski definition) is 1. The molecule has 0 saturated heterocycles. The topological polar surface area (TPSA) is 58.6 Å². The molecule has 1 aromatic rings. The Hall–Kier alpha value is -2.28. The summed E-state index contributed by atoms with van der Waals surface area (Å²) >= 11 is 0. The van der Waals surface area contributed by atoms with E-state index in [0.29, 0.717) is 18.7 Å². The van der Waals surface area contributed by atoms with Crippen LogP contribution in [0.2, 0.25) is 0 Å². The van der Waals surface area contributed by atoms with Crippen molar-refractivity contribution in [3.8, 4) is 0 Å². The largest absolute Gasteiger partial charge is 0.383 e. The van der Waals surface area contributed by atoms with Crippen LogP contribution in [0.3, 0.4) is 0 Å². The number of benzene rings is 1. The van der Waals surface area contributed by atoms with Gasteiger partial charge >= 0.3 is 0 Å². The number of rotatable bonds is 7. The molecule has 1 unspecified atom stereocenters. The van der Waals surface area contributed by atoms with Gasteiger partial charge in [-0.1, -0.05) is 6.42 Å². The van der Waals surface area contributed by atoms with Crippen LogP contribution >= 0.6 is 0 Å². The maximum Gasteiger partial charge on any atom is 0.250 e. The molecule has 27 heavy (non-hydrogen) atoms. The Morgan fingerprint density at radius 1 is 1.33 bits per heavy atom. The second-order valence-corrected chi connectivity index (χ2v) is 6.95. The van der Waals surface area contributed by atoms with E-state index in [1.807, 2.05) is 0 Å². The van der Waals surface area contributed by atoms with Crippen molar-refractivity contribution < 1.29 is 23.1 Å². The van der Waals surface area contributed by atoms with Gasteiger partial charge in [-0.3, -0.25) is 9.59 Å². The van der Waals surface area contributed by atoms with E-state index in [9.17, 15) is 18.4 Å². The molecule has 0 spiro atoms. The Bertz CT molecular complexity index is 764. The number of nitrogens with one attached hydrogen (secondary N) is 1. The van der Waals surface area contributed by atoms with Crippen molar-refractivity contribution >= 4 is 11.8 Å². The summed E-state index contributed by atoms with van der Waals surface area (Å²) in [5.74, 6) is -1.61. The van der Waals surface area contributed by atoms with E-state index in [2.05, 4.69) is 5.32 Å². The molecule has 0 aromatic heterocycles. The Balaban J connectivity index is 1.66. The summed E-state index contributed by atoms with van der Waals surface area (Å²) in [5, 5.41) is 2.59. The maximum absolute atomic E-state index is 13.7. The SMILES string of the molecule is COCCN1C(=O)C(CC(=O)NCc2cc(F)ccc2F)=C2CCCCC21.